The number of aryl methyl sites for hydroxylation is 2. The maximum Gasteiger partial charge on any atom is 0.351 e. The standard InChI is InChI=1S/C17H25N5O2/c1-12-10-22-15(19-20(3)16(22)23)18-14(12)21-8-4-13(5-9-21)24-11-17(2)6-7-17/h10,13H,4-9,11H2,1-3H3. The zero-order valence-corrected chi connectivity index (χ0v) is 14.7. The van der Waals surface area contributed by atoms with E-state index < -0.39 is 0 Å². The molecule has 0 radical (unpaired) electrons. The zero-order chi connectivity index (χ0) is 16.9. The van der Waals surface area contributed by atoms with Crippen LogP contribution in [0.5, 0.6) is 0 Å². The van der Waals surface area contributed by atoms with Crippen LogP contribution in [0.2, 0.25) is 0 Å². The van der Waals surface area contributed by atoms with Gasteiger partial charge in [0.1, 0.15) is 5.82 Å². The Morgan fingerprint density at radius 1 is 1.33 bits per heavy atom. The highest BCUT2D eigenvalue weighted by Crippen LogP contribution is 2.45. The Kier molecular flexibility index (Phi) is 3.63. The Labute approximate surface area is 141 Å². The summed E-state index contributed by atoms with van der Waals surface area (Å²) in [6.45, 7) is 7.07. The van der Waals surface area contributed by atoms with Gasteiger partial charge in [-0.15, -0.1) is 5.10 Å². The molecule has 1 aliphatic carbocycles. The van der Waals surface area contributed by atoms with Crippen LogP contribution in [0.25, 0.3) is 5.78 Å². The van der Waals surface area contributed by atoms with Crippen molar-refractivity contribution in [1.29, 1.82) is 0 Å². The lowest BCUT2D eigenvalue weighted by Crippen LogP contribution is -2.38. The van der Waals surface area contributed by atoms with Gasteiger partial charge in [0.2, 0.25) is 0 Å². The van der Waals surface area contributed by atoms with Gasteiger partial charge in [-0.2, -0.15) is 4.98 Å². The summed E-state index contributed by atoms with van der Waals surface area (Å²) in [6.07, 6.45) is 6.86. The first-order valence-electron chi connectivity index (χ1n) is 8.75. The molecule has 2 aliphatic rings. The predicted molar refractivity (Wildman–Crippen MR) is 91.5 cm³/mol. The molecule has 0 bridgehead atoms. The summed E-state index contributed by atoms with van der Waals surface area (Å²) in [7, 11) is 1.65. The quantitative estimate of drug-likeness (QED) is 0.850. The van der Waals surface area contributed by atoms with Crippen LogP contribution < -0.4 is 10.6 Å². The molecule has 130 valence electrons. The SMILES string of the molecule is Cc1cn2c(=O)n(C)nc2nc1N1CCC(OCC2(C)CC2)CC1. The van der Waals surface area contributed by atoms with Gasteiger partial charge in [-0.3, -0.25) is 0 Å². The van der Waals surface area contributed by atoms with Crippen molar-refractivity contribution in [3.63, 3.8) is 0 Å². The van der Waals surface area contributed by atoms with Crippen molar-refractivity contribution >= 4 is 11.6 Å². The van der Waals surface area contributed by atoms with Crippen LogP contribution in [0, 0.1) is 12.3 Å². The Hall–Kier alpha value is -1.89. The molecule has 7 nitrogen and oxygen atoms in total. The average Bonchev–Trinajstić information content (AvgIpc) is 3.25. The summed E-state index contributed by atoms with van der Waals surface area (Å²) < 4.78 is 8.93. The van der Waals surface area contributed by atoms with Gasteiger partial charge < -0.3 is 9.64 Å². The van der Waals surface area contributed by atoms with Gasteiger partial charge in [-0.25, -0.2) is 13.9 Å². The fourth-order valence-electron chi connectivity index (χ4n) is 3.32. The number of aromatic nitrogens is 4. The third-order valence-corrected chi connectivity index (χ3v) is 5.33. The van der Waals surface area contributed by atoms with E-state index in [9.17, 15) is 4.79 Å². The molecule has 0 unspecified atom stereocenters. The molecular weight excluding hydrogens is 306 g/mol. The fourth-order valence-corrected chi connectivity index (χ4v) is 3.32. The molecular formula is C17H25N5O2. The lowest BCUT2D eigenvalue weighted by atomic mass is 10.1. The topological polar surface area (TPSA) is 64.7 Å². The summed E-state index contributed by atoms with van der Waals surface area (Å²) in [5.41, 5.74) is 1.29. The molecule has 0 amide bonds. The average molecular weight is 331 g/mol. The lowest BCUT2D eigenvalue weighted by Gasteiger charge is -2.33. The number of anilines is 1. The summed E-state index contributed by atoms with van der Waals surface area (Å²) in [4.78, 5) is 18.9. The van der Waals surface area contributed by atoms with Crippen molar-refractivity contribution < 1.29 is 4.74 Å². The summed E-state index contributed by atoms with van der Waals surface area (Å²) in [5.74, 6) is 1.39. The summed E-state index contributed by atoms with van der Waals surface area (Å²) in [6, 6.07) is 0. The van der Waals surface area contributed by atoms with E-state index >= 15 is 0 Å². The van der Waals surface area contributed by atoms with E-state index in [0.29, 0.717) is 17.3 Å². The molecule has 3 heterocycles. The highest BCUT2D eigenvalue weighted by molar-refractivity contribution is 5.50. The van der Waals surface area contributed by atoms with Crippen molar-refractivity contribution in [2.75, 3.05) is 24.6 Å². The van der Waals surface area contributed by atoms with Crippen molar-refractivity contribution in [3.05, 3.63) is 22.2 Å². The van der Waals surface area contributed by atoms with Crippen LogP contribution in [0.3, 0.4) is 0 Å². The van der Waals surface area contributed by atoms with Gasteiger partial charge >= 0.3 is 5.69 Å². The number of rotatable bonds is 4. The number of fused-ring (bicyclic) bond motifs is 1. The van der Waals surface area contributed by atoms with Crippen molar-refractivity contribution in [1.82, 2.24) is 19.2 Å². The van der Waals surface area contributed by atoms with Crippen LogP contribution in [0.15, 0.2) is 11.0 Å². The maximum absolute atomic E-state index is 12.0. The second-order valence-corrected chi connectivity index (χ2v) is 7.63. The van der Waals surface area contributed by atoms with Crippen LogP contribution >= 0.6 is 0 Å². The largest absolute Gasteiger partial charge is 0.378 e. The zero-order valence-electron chi connectivity index (χ0n) is 14.7. The Balaban J connectivity index is 1.46. The van der Waals surface area contributed by atoms with E-state index in [4.69, 9.17) is 4.74 Å². The minimum atomic E-state index is -0.159. The molecule has 1 saturated carbocycles. The van der Waals surface area contributed by atoms with Gasteiger partial charge in [0, 0.05) is 31.9 Å². The van der Waals surface area contributed by atoms with Gasteiger partial charge in [-0.1, -0.05) is 6.92 Å². The minimum Gasteiger partial charge on any atom is -0.378 e. The molecule has 1 aliphatic heterocycles. The molecule has 0 spiro atoms. The number of ether oxygens (including phenoxy) is 1. The second-order valence-electron chi connectivity index (χ2n) is 7.63. The smallest absolute Gasteiger partial charge is 0.351 e. The van der Waals surface area contributed by atoms with E-state index in [-0.39, 0.29) is 5.69 Å². The van der Waals surface area contributed by atoms with E-state index in [1.165, 1.54) is 21.9 Å². The monoisotopic (exact) mass is 331 g/mol. The van der Waals surface area contributed by atoms with Gasteiger partial charge in [-0.05, 0) is 38.0 Å². The molecule has 0 N–H and O–H groups in total. The fraction of sp³-hybridized carbons (Fsp3) is 0.706. The normalized spacial score (nSPS) is 20.7. The third-order valence-electron chi connectivity index (χ3n) is 5.33. The molecule has 2 aromatic rings. The molecule has 0 aromatic carbocycles. The van der Waals surface area contributed by atoms with Crippen molar-refractivity contribution in [2.24, 2.45) is 12.5 Å². The van der Waals surface area contributed by atoms with E-state index in [2.05, 4.69) is 21.9 Å². The summed E-state index contributed by atoms with van der Waals surface area (Å²) >= 11 is 0. The summed E-state index contributed by atoms with van der Waals surface area (Å²) in [5, 5.41) is 4.19. The first kappa shape index (κ1) is 15.6. The van der Waals surface area contributed by atoms with Gasteiger partial charge in [0.05, 0.1) is 12.7 Å². The van der Waals surface area contributed by atoms with E-state index in [1.54, 1.807) is 7.05 Å². The molecule has 7 heteroatoms. The second kappa shape index (κ2) is 5.58. The van der Waals surface area contributed by atoms with E-state index in [0.717, 1.165) is 43.9 Å². The highest BCUT2D eigenvalue weighted by atomic mass is 16.5. The van der Waals surface area contributed by atoms with Crippen molar-refractivity contribution in [3.8, 4) is 0 Å². The predicted octanol–water partition coefficient (Wildman–Crippen LogP) is 1.52. The Bertz CT molecular complexity index is 812. The first-order chi connectivity index (χ1) is 11.5. The lowest BCUT2D eigenvalue weighted by molar-refractivity contribution is 0.0127. The molecule has 2 aromatic heterocycles. The number of hydrogen-bond acceptors (Lipinski definition) is 5. The van der Waals surface area contributed by atoms with Gasteiger partial charge in [0.15, 0.2) is 0 Å². The molecule has 0 atom stereocenters. The molecule has 2 fully saturated rings. The highest BCUT2D eigenvalue weighted by Gasteiger charge is 2.38. The van der Waals surface area contributed by atoms with Crippen LogP contribution in [0.1, 0.15) is 38.2 Å². The maximum atomic E-state index is 12.0. The molecule has 4 rings (SSSR count). The van der Waals surface area contributed by atoms with Crippen LogP contribution in [-0.4, -0.2) is 45.0 Å². The third kappa shape index (κ3) is 2.81. The number of nitrogens with zero attached hydrogens (tertiary/aromatic N) is 5. The number of piperidine rings is 1. The Morgan fingerprint density at radius 3 is 2.71 bits per heavy atom. The molecule has 1 saturated heterocycles. The van der Waals surface area contributed by atoms with Crippen LogP contribution in [-0.2, 0) is 11.8 Å². The minimum absolute atomic E-state index is 0.159. The van der Waals surface area contributed by atoms with Crippen molar-refractivity contribution in [2.45, 2.75) is 45.6 Å². The Morgan fingerprint density at radius 2 is 2.04 bits per heavy atom. The van der Waals surface area contributed by atoms with Gasteiger partial charge in [0.25, 0.3) is 5.78 Å². The number of hydrogen-bond donors (Lipinski definition) is 0. The van der Waals surface area contributed by atoms with E-state index in [1.807, 2.05) is 13.1 Å². The first-order valence-corrected chi connectivity index (χ1v) is 8.75. The molecule has 24 heavy (non-hydrogen) atoms. The van der Waals surface area contributed by atoms with Crippen LogP contribution in [0.4, 0.5) is 5.82 Å².